The minimum atomic E-state index is 0.193. The topological polar surface area (TPSA) is 60.2 Å². The number of likely N-dealkylation sites (tertiary alicyclic amines) is 1. The molecule has 0 spiro atoms. The van der Waals surface area contributed by atoms with Crippen molar-refractivity contribution in [1.82, 2.24) is 19.7 Å². The molecule has 4 rings (SSSR count). The minimum absolute atomic E-state index is 0.193. The molecule has 1 saturated heterocycles. The van der Waals surface area contributed by atoms with Crippen molar-refractivity contribution in [3.8, 4) is 5.75 Å². The Bertz CT molecular complexity index is 799. The third-order valence-electron chi connectivity index (χ3n) is 5.11. The molecule has 0 aliphatic carbocycles. The van der Waals surface area contributed by atoms with E-state index < -0.39 is 0 Å². The van der Waals surface area contributed by atoms with E-state index in [1.54, 1.807) is 0 Å². The van der Waals surface area contributed by atoms with Gasteiger partial charge in [0.25, 0.3) is 0 Å². The van der Waals surface area contributed by atoms with Crippen LogP contribution in [0, 0.1) is 13.8 Å². The molecule has 0 saturated carbocycles. The molecule has 132 valence electrons. The van der Waals surface area contributed by atoms with Crippen LogP contribution < -0.4 is 4.74 Å². The standard InChI is InChI=1S/C19H24N4O2/c1-13-20-14(2)23(21-13)17-4-3-8-22(12-17)19(24)11-15-5-6-18-16(10-15)7-9-25-18/h5-6,10,17H,3-4,7-9,11-12H2,1-2H3/t17-/m1/s1. The third kappa shape index (κ3) is 3.25. The minimum Gasteiger partial charge on any atom is -0.493 e. The van der Waals surface area contributed by atoms with Crippen molar-refractivity contribution in [2.45, 2.75) is 45.6 Å². The van der Waals surface area contributed by atoms with E-state index in [2.05, 4.69) is 16.1 Å². The lowest BCUT2D eigenvalue weighted by Gasteiger charge is -2.33. The zero-order valence-electron chi connectivity index (χ0n) is 14.9. The van der Waals surface area contributed by atoms with Gasteiger partial charge in [0.15, 0.2) is 0 Å². The lowest BCUT2D eigenvalue weighted by Crippen LogP contribution is -2.41. The Morgan fingerprint density at radius 2 is 2.24 bits per heavy atom. The maximum absolute atomic E-state index is 12.8. The molecule has 2 aliphatic rings. The largest absolute Gasteiger partial charge is 0.493 e. The van der Waals surface area contributed by atoms with Crippen molar-refractivity contribution in [2.24, 2.45) is 0 Å². The van der Waals surface area contributed by atoms with Crippen molar-refractivity contribution < 1.29 is 9.53 Å². The molecule has 3 heterocycles. The van der Waals surface area contributed by atoms with Crippen LogP contribution in [-0.4, -0.2) is 45.3 Å². The monoisotopic (exact) mass is 340 g/mol. The van der Waals surface area contributed by atoms with E-state index >= 15 is 0 Å². The first-order chi connectivity index (χ1) is 12.1. The number of amides is 1. The van der Waals surface area contributed by atoms with Gasteiger partial charge in [0.05, 0.1) is 19.1 Å². The van der Waals surface area contributed by atoms with Gasteiger partial charge in [0, 0.05) is 19.5 Å². The van der Waals surface area contributed by atoms with E-state index in [0.717, 1.165) is 61.9 Å². The summed E-state index contributed by atoms with van der Waals surface area (Å²) in [6.07, 6.45) is 3.44. The average Bonchev–Trinajstić information content (AvgIpc) is 3.20. The number of carbonyl (C=O) groups is 1. The van der Waals surface area contributed by atoms with E-state index in [-0.39, 0.29) is 11.9 Å². The van der Waals surface area contributed by atoms with E-state index in [0.29, 0.717) is 6.42 Å². The number of hydrogen-bond donors (Lipinski definition) is 0. The SMILES string of the molecule is Cc1nc(C)n([C@@H]2CCCN(C(=O)Cc3ccc4c(c3)CCO4)C2)n1. The number of hydrogen-bond acceptors (Lipinski definition) is 4. The highest BCUT2D eigenvalue weighted by atomic mass is 16.5. The highest BCUT2D eigenvalue weighted by Gasteiger charge is 2.26. The average molecular weight is 340 g/mol. The van der Waals surface area contributed by atoms with Crippen LogP contribution in [0.25, 0.3) is 0 Å². The molecule has 25 heavy (non-hydrogen) atoms. The second kappa shape index (κ2) is 6.50. The Morgan fingerprint density at radius 3 is 3.04 bits per heavy atom. The first-order valence-corrected chi connectivity index (χ1v) is 9.02. The summed E-state index contributed by atoms with van der Waals surface area (Å²) in [4.78, 5) is 19.2. The first kappa shape index (κ1) is 16.1. The first-order valence-electron chi connectivity index (χ1n) is 9.02. The molecule has 6 heteroatoms. The van der Waals surface area contributed by atoms with Crippen molar-refractivity contribution in [3.05, 3.63) is 41.0 Å². The van der Waals surface area contributed by atoms with Crippen LogP contribution in [0.2, 0.25) is 0 Å². The van der Waals surface area contributed by atoms with Gasteiger partial charge >= 0.3 is 0 Å². The van der Waals surface area contributed by atoms with Crippen molar-refractivity contribution in [2.75, 3.05) is 19.7 Å². The zero-order chi connectivity index (χ0) is 17.4. The summed E-state index contributed by atoms with van der Waals surface area (Å²) in [7, 11) is 0. The van der Waals surface area contributed by atoms with Crippen LogP contribution in [0.15, 0.2) is 18.2 Å². The predicted octanol–water partition coefficient (Wildman–Crippen LogP) is 2.24. The van der Waals surface area contributed by atoms with Gasteiger partial charge in [0.1, 0.15) is 17.4 Å². The fourth-order valence-corrected chi connectivity index (χ4v) is 3.90. The van der Waals surface area contributed by atoms with Gasteiger partial charge in [-0.05, 0) is 43.9 Å². The molecule has 1 atom stereocenters. The number of rotatable bonds is 3. The summed E-state index contributed by atoms with van der Waals surface area (Å²) in [5, 5.41) is 4.50. The van der Waals surface area contributed by atoms with Gasteiger partial charge in [-0.15, -0.1) is 0 Å². The summed E-state index contributed by atoms with van der Waals surface area (Å²) >= 11 is 0. The maximum atomic E-state index is 12.8. The molecular formula is C19H24N4O2. The fourth-order valence-electron chi connectivity index (χ4n) is 3.90. The molecule has 0 unspecified atom stereocenters. The Hall–Kier alpha value is -2.37. The highest BCUT2D eigenvalue weighted by molar-refractivity contribution is 5.79. The number of carbonyl (C=O) groups excluding carboxylic acids is 1. The second-order valence-electron chi connectivity index (χ2n) is 7.00. The van der Waals surface area contributed by atoms with E-state index in [9.17, 15) is 4.79 Å². The van der Waals surface area contributed by atoms with Crippen LogP contribution in [-0.2, 0) is 17.6 Å². The van der Waals surface area contributed by atoms with Crippen LogP contribution in [0.5, 0.6) is 5.75 Å². The molecule has 0 bridgehead atoms. The molecule has 1 aromatic carbocycles. The Labute approximate surface area is 147 Å². The molecule has 1 fully saturated rings. The molecule has 2 aliphatic heterocycles. The number of benzene rings is 1. The number of fused-ring (bicyclic) bond motifs is 1. The van der Waals surface area contributed by atoms with Crippen molar-refractivity contribution in [1.29, 1.82) is 0 Å². The van der Waals surface area contributed by atoms with Crippen LogP contribution in [0.4, 0.5) is 0 Å². The highest BCUT2D eigenvalue weighted by Crippen LogP contribution is 2.27. The molecule has 6 nitrogen and oxygen atoms in total. The Balaban J connectivity index is 1.44. The summed E-state index contributed by atoms with van der Waals surface area (Å²) in [6.45, 7) is 6.18. The predicted molar refractivity (Wildman–Crippen MR) is 93.7 cm³/mol. The maximum Gasteiger partial charge on any atom is 0.227 e. The van der Waals surface area contributed by atoms with Gasteiger partial charge in [0.2, 0.25) is 5.91 Å². The van der Waals surface area contributed by atoms with E-state index in [1.807, 2.05) is 35.6 Å². The van der Waals surface area contributed by atoms with Gasteiger partial charge in [-0.3, -0.25) is 4.79 Å². The summed E-state index contributed by atoms with van der Waals surface area (Å²) < 4.78 is 7.53. The molecule has 1 amide bonds. The van der Waals surface area contributed by atoms with Crippen LogP contribution in [0.3, 0.4) is 0 Å². The number of ether oxygens (including phenoxy) is 1. The van der Waals surface area contributed by atoms with Crippen molar-refractivity contribution in [3.63, 3.8) is 0 Å². The number of piperidine rings is 1. The second-order valence-corrected chi connectivity index (χ2v) is 7.00. The number of aryl methyl sites for hydroxylation is 2. The van der Waals surface area contributed by atoms with Gasteiger partial charge in [-0.1, -0.05) is 12.1 Å². The van der Waals surface area contributed by atoms with Gasteiger partial charge in [-0.2, -0.15) is 5.10 Å². The Kier molecular flexibility index (Phi) is 4.19. The molecular weight excluding hydrogens is 316 g/mol. The summed E-state index contributed by atoms with van der Waals surface area (Å²) in [5.74, 6) is 2.88. The lowest BCUT2D eigenvalue weighted by molar-refractivity contribution is -0.132. The van der Waals surface area contributed by atoms with Crippen molar-refractivity contribution >= 4 is 5.91 Å². The Morgan fingerprint density at radius 1 is 1.36 bits per heavy atom. The third-order valence-corrected chi connectivity index (χ3v) is 5.11. The normalized spacial score (nSPS) is 19.6. The van der Waals surface area contributed by atoms with E-state index in [4.69, 9.17) is 4.74 Å². The summed E-state index contributed by atoms with van der Waals surface area (Å²) in [6, 6.07) is 6.35. The molecule has 0 radical (unpaired) electrons. The fraction of sp³-hybridized carbons (Fsp3) is 0.526. The van der Waals surface area contributed by atoms with Gasteiger partial charge < -0.3 is 9.64 Å². The van der Waals surface area contributed by atoms with Crippen LogP contribution >= 0.6 is 0 Å². The van der Waals surface area contributed by atoms with Gasteiger partial charge in [-0.25, -0.2) is 9.67 Å². The molecule has 0 N–H and O–H groups in total. The van der Waals surface area contributed by atoms with Crippen LogP contribution in [0.1, 0.15) is 41.7 Å². The lowest BCUT2D eigenvalue weighted by atomic mass is 10.0. The molecule has 2 aromatic rings. The molecule has 1 aromatic heterocycles. The van der Waals surface area contributed by atoms with E-state index in [1.165, 1.54) is 5.56 Å². The smallest absolute Gasteiger partial charge is 0.227 e. The number of nitrogens with zero attached hydrogens (tertiary/aromatic N) is 4. The summed E-state index contributed by atoms with van der Waals surface area (Å²) in [5.41, 5.74) is 2.29. The zero-order valence-corrected chi connectivity index (χ0v) is 14.9. The quantitative estimate of drug-likeness (QED) is 0.860. The number of aromatic nitrogens is 3.